The first-order chi connectivity index (χ1) is 10.6. The molecule has 0 radical (unpaired) electrons. The van der Waals surface area contributed by atoms with Crippen LogP contribution in [0.1, 0.15) is 20.8 Å². The highest BCUT2D eigenvalue weighted by atomic mass is 127. The van der Waals surface area contributed by atoms with Gasteiger partial charge < -0.3 is 9.64 Å². The number of carbonyl (C=O) groups is 1. The Hall–Kier alpha value is -0.940. The van der Waals surface area contributed by atoms with Crippen molar-refractivity contribution in [3.05, 3.63) is 21.9 Å². The third-order valence-electron chi connectivity index (χ3n) is 3.20. The highest BCUT2D eigenvalue weighted by Gasteiger charge is 2.33. The van der Waals surface area contributed by atoms with E-state index in [-0.39, 0.29) is 18.1 Å². The average molecular weight is 453 g/mol. The van der Waals surface area contributed by atoms with E-state index in [0.717, 1.165) is 0 Å². The van der Waals surface area contributed by atoms with Crippen LogP contribution in [0.2, 0.25) is 0 Å². The summed E-state index contributed by atoms with van der Waals surface area (Å²) in [6.45, 7) is 6.47. The van der Waals surface area contributed by atoms with Crippen molar-refractivity contribution in [3.8, 4) is 0 Å². The lowest BCUT2D eigenvalue weighted by Crippen LogP contribution is -2.51. The van der Waals surface area contributed by atoms with Crippen molar-refractivity contribution in [2.45, 2.75) is 31.4 Å². The number of sulfonamides is 1. The smallest absolute Gasteiger partial charge is 0.410 e. The predicted molar refractivity (Wildman–Crippen MR) is 93.5 cm³/mol. The standard InChI is InChI=1S/C14H20IN3O4S/c1-14(2,3)22-13(19)17-7-9-18(10-8-17)23(20,21)12-11(15)5-4-6-16-12/h4-6H,7-10H2,1-3H3. The highest BCUT2D eigenvalue weighted by molar-refractivity contribution is 14.1. The molecule has 1 aliphatic heterocycles. The fraction of sp³-hybridized carbons (Fsp3) is 0.571. The van der Waals surface area contributed by atoms with E-state index in [1.54, 1.807) is 32.9 Å². The molecular weight excluding hydrogens is 433 g/mol. The van der Waals surface area contributed by atoms with E-state index in [4.69, 9.17) is 4.74 Å². The van der Waals surface area contributed by atoms with Crippen LogP contribution in [0.5, 0.6) is 0 Å². The summed E-state index contributed by atoms with van der Waals surface area (Å²) in [6.07, 6.45) is 1.05. The molecule has 1 aromatic heterocycles. The van der Waals surface area contributed by atoms with Gasteiger partial charge in [0.2, 0.25) is 0 Å². The van der Waals surface area contributed by atoms with Crippen LogP contribution in [0.15, 0.2) is 23.4 Å². The van der Waals surface area contributed by atoms with Crippen LogP contribution in [-0.2, 0) is 14.8 Å². The zero-order valence-electron chi connectivity index (χ0n) is 13.3. The molecule has 128 valence electrons. The summed E-state index contributed by atoms with van der Waals surface area (Å²) in [5.41, 5.74) is -0.565. The van der Waals surface area contributed by atoms with Gasteiger partial charge in [-0.1, -0.05) is 0 Å². The second-order valence-corrected chi connectivity index (χ2v) is 9.18. The van der Waals surface area contributed by atoms with Crippen molar-refractivity contribution in [1.82, 2.24) is 14.2 Å². The zero-order chi connectivity index (χ0) is 17.3. The number of halogens is 1. The Morgan fingerprint density at radius 3 is 2.39 bits per heavy atom. The van der Waals surface area contributed by atoms with E-state index in [9.17, 15) is 13.2 Å². The molecule has 7 nitrogen and oxygen atoms in total. The zero-order valence-corrected chi connectivity index (χ0v) is 16.3. The van der Waals surface area contributed by atoms with Crippen molar-refractivity contribution in [3.63, 3.8) is 0 Å². The van der Waals surface area contributed by atoms with Crippen LogP contribution in [0.4, 0.5) is 4.79 Å². The van der Waals surface area contributed by atoms with Crippen molar-refractivity contribution in [2.24, 2.45) is 0 Å². The van der Waals surface area contributed by atoms with Crippen LogP contribution in [0, 0.1) is 3.57 Å². The van der Waals surface area contributed by atoms with Crippen LogP contribution in [0.25, 0.3) is 0 Å². The normalized spacial score (nSPS) is 17.1. The molecule has 0 atom stereocenters. The summed E-state index contributed by atoms with van der Waals surface area (Å²) in [4.78, 5) is 17.5. The van der Waals surface area contributed by atoms with Gasteiger partial charge in [0.15, 0.2) is 5.03 Å². The Kier molecular flexibility index (Phi) is 5.52. The number of hydrogen-bond acceptors (Lipinski definition) is 5. The molecule has 9 heteroatoms. The Morgan fingerprint density at radius 1 is 1.26 bits per heavy atom. The molecule has 1 aromatic rings. The van der Waals surface area contributed by atoms with Gasteiger partial charge in [-0.3, -0.25) is 0 Å². The minimum Gasteiger partial charge on any atom is -0.444 e. The molecule has 1 saturated heterocycles. The molecule has 0 aliphatic carbocycles. The summed E-state index contributed by atoms with van der Waals surface area (Å²) in [7, 11) is -3.64. The lowest BCUT2D eigenvalue weighted by molar-refractivity contribution is 0.0192. The molecule has 0 unspecified atom stereocenters. The predicted octanol–water partition coefficient (Wildman–Crippen LogP) is 1.93. The Bertz CT molecular complexity index is 680. The number of pyridine rings is 1. The molecular formula is C14H20IN3O4S. The summed E-state index contributed by atoms with van der Waals surface area (Å²) < 4.78 is 32.5. The molecule has 1 aliphatic rings. The molecule has 0 N–H and O–H groups in total. The quantitative estimate of drug-likeness (QED) is 0.640. The molecule has 2 heterocycles. The van der Waals surface area contributed by atoms with Crippen molar-refractivity contribution in [2.75, 3.05) is 26.2 Å². The van der Waals surface area contributed by atoms with Gasteiger partial charge in [0.1, 0.15) is 5.60 Å². The fourth-order valence-electron chi connectivity index (χ4n) is 2.12. The van der Waals surface area contributed by atoms with Crippen molar-refractivity contribution in [1.29, 1.82) is 0 Å². The highest BCUT2D eigenvalue weighted by Crippen LogP contribution is 2.21. The number of carbonyl (C=O) groups excluding carboxylic acids is 1. The van der Waals surface area contributed by atoms with Gasteiger partial charge in [0.25, 0.3) is 10.0 Å². The summed E-state index contributed by atoms with van der Waals surface area (Å²) in [5, 5.41) is 0.0614. The molecule has 2 rings (SSSR count). The second-order valence-electron chi connectivity index (χ2n) is 6.16. The lowest BCUT2D eigenvalue weighted by Gasteiger charge is -2.34. The second kappa shape index (κ2) is 6.89. The van der Waals surface area contributed by atoms with Crippen molar-refractivity contribution < 1.29 is 17.9 Å². The molecule has 1 fully saturated rings. The van der Waals surface area contributed by atoms with E-state index in [0.29, 0.717) is 16.7 Å². The lowest BCUT2D eigenvalue weighted by atomic mass is 10.2. The van der Waals surface area contributed by atoms with E-state index in [1.165, 1.54) is 15.4 Å². The average Bonchev–Trinajstić information content (AvgIpc) is 2.46. The number of hydrogen-bond donors (Lipinski definition) is 0. The number of rotatable bonds is 2. The largest absolute Gasteiger partial charge is 0.444 e. The number of piperazine rings is 1. The van der Waals surface area contributed by atoms with E-state index >= 15 is 0 Å². The first kappa shape index (κ1) is 18.4. The van der Waals surface area contributed by atoms with Crippen LogP contribution in [-0.4, -0.2) is 60.5 Å². The van der Waals surface area contributed by atoms with Crippen LogP contribution < -0.4 is 0 Å². The third-order valence-corrected chi connectivity index (χ3v) is 6.29. The molecule has 0 bridgehead atoms. The number of nitrogens with zero attached hydrogens (tertiary/aromatic N) is 3. The SMILES string of the molecule is CC(C)(C)OC(=O)N1CCN(S(=O)(=O)c2ncccc2I)CC1. The first-order valence-electron chi connectivity index (χ1n) is 7.20. The summed E-state index contributed by atoms with van der Waals surface area (Å²) in [5.74, 6) is 0. The van der Waals surface area contributed by atoms with Gasteiger partial charge in [-0.15, -0.1) is 0 Å². The van der Waals surface area contributed by atoms with E-state index < -0.39 is 21.7 Å². The Morgan fingerprint density at radius 2 is 1.87 bits per heavy atom. The monoisotopic (exact) mass is 453 g/mol. The maximum atomic E-state index is 12.6. The van der Waals surface area contributed by atoms with Crippen LogP contribution >= 0.6 is 22.6 Å². The molecule has 1 amide bonds. The maximum Gasteiger partial charge on any atom is 0.410 e. The van der Waals surface area contributed by atoms with Gasteiger partial charge in [-0.2, -0.15) is 4.31 Å². The Balaban J connectivity index is 2.04. The maximum absolute atomic E-state index is 12.6. The molecule has 23 heavy (non-hydrogen) atoms. The van der Waals surface area contributed by atoms with Gasteiger partial charge >= 0.3 is 6.09 Å². The summed E-state index contributed by atoms with van der Waals surface area (Å²) in [6, 6.07) is 3.40. The minimum absolute atomic E-state index is 0.0614. The molecule has 0 saturated carbocycles. The van der Waals surface area contributed by atoms with Gasteiger partial charge in [-0.25, -0.2) is 18.2 Å². The topological polar surface area (TPSA) is 79.8 Å². The number of aromatic nitrogens is 1. The van der Waals surface area contributed by atoms with Crippen LogP contribution in [0.3, 0.4) is 0 Å². The van der Waals surface area contributed by atoms with E-state index in [1.807, 2.05) is 22.6 Å². The van der Waals surface area contributed by atoms with E-state index in [2.05, 4.69) is 4.98 Å². The van der Waals surface area contributed by atoms with Gasteiger partial charge in [0, 0.05) is 32.4 Å². The minimum atomic E-state index is -3.64. The molecule has 0 aromatic carbocycles. The Labute approximate surface area is 150 Å². The summed E-state index contributed by atoms with van der Waals surface area (Å²) >= 11 is 1.96. The third kappa shape index (κ3) is 4.54. The molecule has 0 spiro atoms. The number of ether oxygens (including phenoxy) is 1. The first-order valence-corrected chi connectivity index (χ1v) is 9.72. The van der Waals surface area contributed by atoms with Crippen molar-refractivity contribution >= 4 is 38.7 Å². The van der Waals surface area contributed by atoms with Gasteiger partial charge in [-0.05, 0) is 55.5 Å². The number of amides is 1. The fourth-order valence-corrected chi connectivity index (χ4v) is 4.70. The van der Waals surface area contributed by atoms with Gasteiger partial charge in [0.05, 0.1) is 3.57 Å².